The van der Waals surface area contributed by atoms with Gasteiger partial charge in [-0.2, -0.15) is 0 Å². The van der Waals surface area contributed by atoms with Gasteiger partial charge in [0.2, 0.25) is 0 Å². The molecule has 5 aromatic carbocycles. The van der Waals surface area contributed by atoms with Crippen LogP contribution in [0.3, 0.4) is 0 Å². The predicted octanol–water partition coefficient (Wildman–Crippen LogP) is 12.6. The first-order chi connectivity index (χ1) is 25.4. The van der Waals surface area contributed by atoms with Gasteiger partial charge in [-0.1, -0.05) is 112 Å². The Morgan fingerprint density at radius 3 is 2.19 bits per heavy atom. The SMILES string of the molecule is [2H]C([2H])(c1ccc(-c2ccnc(-c3[c-]ccc4c3oc3cc5c(cc34)-c3ccccc3C5(C)C)c2)cc1)C(C)(C)C.[Ir].[c-]1ccccc1-c1ccccn1. The molecule has 259 valence electrons. The second kappa shape index (κ2) is 14.1. The third-order valence-electron chi connectivity index (χ3n) is 9.54. The standard InChI is InChI=1S/C37H32NO.C11H8N.Ir/c1-36(2,3)22-23-13-15-24(16-14-23)25-17-18-38-33(19-25)28-11-8-10-27-30-20-29-26-9-6-7-12-31(26)37(4,5)32(29)21-34(30)39-35(27)28;1-2-6-10(7-3-1)11-8-4-5-9-12-11;/h6-10,12-21H,22H2,1-5H3;1-6,8-9H;/q2*-1;/i22D2;;. The molecule has 0 saturated carbocycles. The number of nitrogens with zero attached hydrogens (tertiary/aromatic N) is 2. The number of hydrogen-bond acceptors (Lipinski definition) is 3. The molecule has 1 radical (unpaired) electrons. The topological polar surface area (TPSA) is 38.9 Å². The van der Waals surface area contributed by atoms with Crippen LogP contribution in [0.25, 0.3) is 66.7 Å². The van der Waals surface area contributed by atoms with Gasteiger partial charge in [-0.15, -0.1) is 54.1 Å². The number of fused-ring (bicyclic) bond motifs is 6. The van der Waals surface area contributed by atoms with Crippen molar-refractivity contribution in [2.45, 2.75) is 46.4 Å². The molecule has 0 amide bonds. The molecule has 0 spiro atoms. The van der Waals surface area contributed by atoms with Gasteiger partial charge in [0.05, 0.1) is 5.58 Å². The molecule has 0 fully saturated rings. The van der Waals surface area contributed by atoms with Crippen molar-refractivity contribution in [3.05, 3.63) is 169 Å². The molecule has 1 aliphatic rings. The largest absolute Gasteiger partial charge is 0.501 e. The molecule has 0 aliphatic heterocycles. The summed E-state index contributed by atoms with van der Waals surface area (Å²) >= 11 is 0. The first-order valence-corrected chi connectivity index (χ1v) is 17.4. The maximum Gasteiger partial charge on any atom is 0.121 e. The first-order valence-electron chi connectivity index (χ1n) is 18.4. The van der Waals surface area contributed by atoms with Crippen molar-refractivity contribution in [2.24, 2.45) is 5.41 Å². The third-order valence-corrected chi connectivity index (χ3v) is 9.54. The van der Waals surface area contributed by atoms with Crippen LogP contribution in [-0.4, -0.2) is 9.97 Å². The van der Waals surface area contributed by atoms with Gasteiger partial charge < -0.3 is 14.4 Å². The second-order valence-corrected chi connectivity index (χ2v) is 14.6. The molecule has 3 nitrogen and oxygen atoms in total. The van der Waals surface area contributed by atoms with E-state index < -0.39 is 11.8 Å². The van der Waals surface area contributed by atoms with Gasteiger partial charge in [0, 0.05) is 46.0 Å². The van der Waals surface area contributed by atoms with Gasteiger partial charge in [0.1, 0.15) is 5.58 Å². The average molecular weight is 855 g/mol. The Kier molecular flexibility index (Phi) is 8.88. The third kappa shape index (κ3) is 6.77. The van der Waals surface area contributed by atoms with Gasteiger partial charge >= 0.3 is 0 Å². The molecule has 3 heterocycles. The molecular formula is C48H40IrN2O-2. The quantitative estimate of drug-likeness (QED) is 0.166. The van der Waals surface area contributed by atoms with E-state index in [4.69, 9.17) is 12.1 Å². The fourth-order valence-corrected chi connectivity index (χ4v) is 7.13. The zero-order valence-electron chi connectivity index (χ0n) is 31.9. The summed E-state index contributed by atoms with van der Waals surface area (Å²) in [4.78, 5) is 8.93. The maximum absolute atomic E-state index is 8.61. The van der Waals surface area contributed by atoms with Gasteiger partial charge in [-0.25, -0.2) is 0 Å². The summed E-state index contributed by atoms with van der Waals surface area (Å²) in [6, 6.07) is 49.2. The molecule has 0 saturated heterocycles. The molecule has 0 N–H and O–H groups in total. The normalized spacial score (nSPS) is 13.6. The van der Waals surface area contributed by atoms with E-state index in [0.29, 0.717) is 5.56 Å². The Labute approximate surface area is 323 Å². The van der Waals surface area contributed by atoms with E-state index in [-0.39, 0.29) is 25.5 Å². The molecule has 4 heteroatoms. The van der Waals surface area contributed by atoms with Crippen LogP contribution in [0.4, 0.5) is 0 Å². The van der Waals surface area contributed by atoms with Crippen molar-refractivity contribution in [3.8, 4) is 44.8 Å². The van der Waals surface area contributed by atoms with Crippen molar-refractivity contribution in [2.75, 3.05) is 0 Å². The molecular weight excluding hydrogens is 813 g/mol. The van der Waals surface area contributed by atoms with Crippen LogP contribution in [0.5, 0.6) is 0 Å². The van der Waals surface area contributed by atoms with Gasteiger partial charge in [-0.3, -0.25) is 0 Å². The minimum atomic E-state index is -1.43. The Morgan fingerprint density at radius 2 is 1.44 bits per heavy atom. The first kappa shape index (κ1) is 32.7. The summed E-state index contributed by atoms with van der Waals surface area (Å²) in [5.74, 6) is 0. The number of pyridine rings is 2. The van der Waals surface area contributed by atoms with Gasteiger partial charge in [0.15, 0.2) is 0 Å². The van der Waals surface area contributed by atoms with Crippen molar-refractivity contribution >= 4 is 21.9 Å². The number of hydrogen-bond donors (Lipinski definition) is 0. The van der Waals surface area contributed by atoms with Crippen LogP contribution in [0.15, 0.2) is 144 Å². The molecule has 3 aromatic heterocycles. The maximum atomic E-state index is 8.61. The minimum absolute atomic E-state index is 0. The van der Waals surface area contributed by atoms with E-state index in [1.807, 2.05) is 106 Å². The zero-order chi connectivity index (χ0) is 37.0. The van der Waals surface area contributed by atoms with Crippen molar-refractivity contribution in [1.29, 1.82) is 0 Å². The molecule has 0 unspecified atom stereocenters. The molecule has 8 aromatic rings. The van der Waals surface area contributed by atoms with Crippen molar-refractivity contribution < 1.29 is 27.3 Å². The molecule has 1 aliphatic carbocycles. The second-order valence-electron chi connectivity index (χ2n) is 14.6. The number of furan rings is 1. The molecule has 9 rings (SSSR count). The van der Waals surface area contributed by atoms with Crippen LogP contribution in [0, 0.1) is 17.5 Å². The fourth-order valence-electron chi connectivity index (χ4n) is 7.13. The van der Waals surface area contributed by atoms with E-state index in [1.165, 1.54) is 22.3 Å². The summed E-state index contributed by atoms with van der Waals surface area (Å²) in [6.45, 7) is 10.4. The summed E-state index contributed by atoms with van der Waals surface area (Å²) in [5.41, 5.74) is 12.6. The monoisotopic (exact) mass is 855 g/mol. The number of aromatic nitrogens is 2. The number of rotatable bonds is 4. The Morgan fingerprint density at radius 1 is 0.673 bits per heavy atom. The van der Waals surface area contributed by atoms with Crippen LogP contribution < -0.4 is 0 Å². The summed E-state index contributed by atoms with van der Waals surface area (Å²) < 4.78 is 23.8. The Balaban J connectivity index is 0.000000294. The minimum Gasteiger partial charge on any atom is -0.501 e. The molecule has 0 bridgehead atoms. The van der Waals surface area contributed by atoms with E-state index in [0.717, 1.165) is 55.6 Å². The summed E-state index contributed by atoms with van der Waals surface area (Å²) in [7, 11) is 0. The van der Waals surface area contributed by atoms with Gasteiger partial charge in [-0.05, 0) is 86.4 Å². The van der Waals surface area contributed by atoms with Crippen molar-refractivity contribution in [3.63, 3.8) is 0 Å². The number of benzene rings is 5. The van der Waals surface area contributed by atoms with E-state index >= 15 is 0 Å². The predicted molar refractivity (Wildman–Crippen MR) is 210 cm³/mol. The van der Waals surface area contributed by atoms with E-state index in [1.54, 1.807) is 6.20 Å². The van der Waals surface area contributed by atoms with E-state index in [9.17, 15) is 0 Å². The summed E-state index contributed by atoms with van der Waals surface area (Å²) in [6.07, 6.45) is 2.17. The Hall–Kier alpha value is -5.15. The van der Waals surface area contributed by atoms with E-state index in [2.05, 4.69) is 79.5 Å². The zero-order valence-corrected chi connectivity index (χ0v) is 32.3. The van der Waals surface area contributed by atoms with Crippen LogP contribution in [0.2, 0.25) is 0 Å². The van der Waals surface area contributed by atoms with Crippen molar-refractivity contribution in [1.82, 2.24) is 9.97 Å². The molecule has 52 heavy (non-hydrogen) atoms. The van der Waals surface area contributed by atoms with Crippen LogP contribution in [0.1, 0.15) is 54.1 Å². The average Bonchev–Trinajstić information content (AvgIpc) is 3.66. The Bertz CT molecular complexity index is 2550. The fraction of sp³-hybridized carbons (Fsp3) is 0.167. The van der Waals surface area contributed by atoms with Gasteiger partial charge in [0.25, 0.3) is 0 Å². The summed E-state index contributed by atoms with van der Waals surface area (Å²) in [5, 5.41) is 2.15. The molecule has 0 atom stereocenters. The van der Waals surface area contributed by atoms with Crippen LogP contribution >= 0.6 is 0 Å². The van der Waals surface area contributed by atoms with Crippen LogP contribution in [-0.2, 0) is 31.9 Å². The smallest absolute Gasteiger partial charge is 0.121 e.